The van der Waals surface area contributed by atoms with E-state index in [1.807, 2.05) is 6.92 Å². The Kier molecular flexibility index (Phi) is 4.28. The van der Waals surface area contributed by atoms with Gasteiger partial charge < -0.3 is 15.0 Å². The third-order valence-electron chi connectivity index (χ3n) is 4.30. The minimum atomic E-state index is -0.243. The fourth-order valence-corrected chi connectivity index (χ4v) is 2.84. The molecule has 1 aromatic rings. The van der Waals surface area contributed by atoms with Crippen LogP contribution in [-0.2, 0) is 11.3 Å². The van der Waals surface area contributed by atoms with Crippen LogP contribution in [-0.4, -0.2) is 28.2 Å². The van der Waals surface area contributed by atoms with Crippen molar-refractivity contribution < 1.29 is 9.90 Å². The topological polar surface area (TPSA) is 71.3 Å². The molecule has 0 aliphatic heterocycles. The quantitative estimate of drug-likeness (QED) is 0.856. The summed E-state index contributed by atoms with van der Waals surface area (Å²) in [5.74, 6) is -0.177. The van der Waals surface area contributed by atoms with Crippen LogP contribution in [0.1, 0.15) is 31.7 Å². The molecule has 1 amide bonds. The molecule has 0 spiro atoms. The first-order chi connectivity index (χ1) is 9.46. The summed E-state index contributed by atoms with van der Waals surface area (Å²) in [6, 6.07) is 3.48. The minimum Gasteiger partial charge on any atom is -0.396 e. The number of aliphatic hydroxyl groups excluding tert-OH is 1. The largest absolute Gasteiger partial charge is 0.396 e. The van der Waals surface area contributed by atoms with E-state index < -0.39 is 0 Å². The van der Waals surface area contributed by atoms with Crippen LogP contribution in [0.15, 0.2) is 23.1 Å². The van der Waals surface area contributed by atoms with E-state index in [1.165, 1.54) is 4.57 Å². The lowest BCUT2D eigenvalue weighted by Crippen LogP contribution is -2.46. The first-order valence-electron chi connectivity index (χ1n) is 7.02. The molecule has 1 heterocycles. The lowest BCUT2D eigenvalue weighted by molar-refractivity contribution is -0.123. The third kappa shape index (κ3) is 2.93. The van der Waals surface area contributed by atoms with E-state index in [9.17, 15) is 14.7 Å². The number of aryl methyl sites for hydroxylation is 1. The average molecular weight is 278 g/mol. The summed E-state index contributed by atoms with van der Waals surface area (Å²) in [5, 5.41) is 12.4. The third-order valence-corrected chi connectivity index (χ3v) is 4.30. The molecular weight excluding hydrogens is 256 g/mol. The van der Waals surface area contributed by atoms with Gasteiger partial charge in [0.2, 0.25) is 5.91 Å². The SMILES string of the molecule is Cc1cccn(CC(=O)NC2CCCC2(C)CO)c1=O. The number of carbonyl (C=O) groups is 1. The number of amides is 1. The Morgan fingerprint density at radius 1 is 1.60 bits per heavy atom. The summed E-state index contributed by atoms with van der Waals surface area (Å²) in [4.78, 5) is 24.0. The van der Waals surface area contributed by atoms with Crippen molar-refractivity contribution in [2.75, 3.05) is 6.61 Å². The molecule has 5 heteroatoms. The van der Waals surface area contributed by atoms with Gasteiger partial charge in [-0.3, -0.25) is 9.59 Å². The highest BCUT2D eigenvalue weighted by Gasteiger charge is 2.38. The van der Waals surface area contributed by atoms with Crippen molar-refractivity contribution >= 4 is 5.91 Å². The molecule has 2 atom stereocenters. The molecule has 2 N–H and O–H groups in total. The summed E-state index contributed by atoms with van der Waals surface area (Å²) in [6.45, 7) is 3.82. The van der Waals surface area contributed by atoms with Gasteiger partial charge >= 0.3 is 0 Å². The van der Waals surface area contributed by atoms with Crippen molar-refractivity contribution in [3.63, 3.8) is 0 Å². The minimum absolute atomic E-state index is 0.0134. The molecule has 0 radical (unpaired) electrons. The molecule has 0 bridgehead atoms. The molecule has 1 aromatic heterocycles. The number of carbonyl (C=O) groups excluding carboxylic acids is 1. The maximum Gasteiger partial charge on any atom is 0.253 e. The molecule has 0 saturated heterocycles. The van der Waals surface area contributed by atoms with Gasteiger partial charge in [0.25, 0.3) is 5.56 Å². The highest BCUT2D eigenvalue weighted by atomic mass is 16.3. The molecule has 2 rings (SSSR count). The molecule has 1 aliphatic rings. The standard InChI is InChI=1S/C15H22N2O3/c1-11-5-4-8-17(14(11)20)9-13(19)16-12-6-3-7-15(12,2)10-18/h4-5,8,12,18H,3,6-7,9-10H2,1-2H3,(H,16,19). The maximum absolute atomic E-state index is 12.1. The van der Waals surface area contributed by atoms with Gasteiger partial charge in [-0.05, 0) is 25.8 Å². The van der Waals surface area contributed by atoms with Gasteiger partial charge in [-0.15, -0.1) is 0 Å². The predicted octanol–water partition coefficient (Wildman–Crippen LogP) is 0.824. The van der Waals surface area contributed by atoms with Gasteiger partial charge in [0.15, 0.2) is 0 Å². The van der Waals surface area contributed by atoms with Crippen LogP contribution in [0.4, 0.5) is 0 Å². The highest BCUT2D eigenvalue weighted by Crippen LogP contribution is 2.37. The Hall–Kier alpha value is -1.62. The predicted molar refractivity (Wildman–Crippen MR) is 76.4 cm³/mol. The molecule has 5 nitrogen and oxygen atoms in total. The summed E-state index contributed by atoms with van der Waals surface area (Å²) in [7, 11) is 0. The summed E-state index contributed by atoms with van der Waals surface area (Å²) >= 11 is 0. The number of hydrogen-bond donors (Lipinski definition) is 2. The van der Waals surface area contributed by atoms with Crippen LogP contribution < -0.4 is 10.9 Å². The van der Waals surface area contributed by atoms with Crippen LogP contribution in [0.5, 0.6) is 0 Å². The van der Waals surface area contributed by atoms with E-state index in [2.05, 4.69) is 5.32 Å². The van der Waals surface area contributed by atoms with Crippen molar-refractivity contribution in [2.45, 2.75) is 45.7 Å². The fourth-order valence-electron chi connectivity index (χ4n) is 2.84. The number of hydrogen-bond acceptors (Lipinski definition) is 3. The second-order valence-electron chi connectivity index (χ2n) is 5.95. The summed E-state index contributed by atoms with van der Waals surface area (Å²) in [5.41, 5.74) is 0.244. The Morgan fingerprint density at radius 2 is 2.35 bits per heavy atom. The van der Waals surface area contributed by atoms with Crippen molar-refractivity contribution in [1.29, 1.82) is 0 Å². The van der Waals surface area contributed by atoms with Crippen molar-refractivity contribution in [3.05, 3.63) is 34.2 Å². The molecule has 2 unspecified atom stereocenters. The van der Waals surface area contributed by atoms with Crippen LogP contribution in [0, 0.1) is 12.3 Å². The van der Waals surface area contributed by atoms with E-state index in [0.717, 1.165) is 19.3 Å². The number of pyridine rings is 1. The molecular formula is C15H22N2O3. The van der Waals surface area contributed by atoms with Crippen molar-refractivity contribution in [3.8, 4) is 0 Å². The van der Waals surface area contributed by atoms with E-state index in [-0.39, 0.29) is 36.1 Å². The molecule has 1 aliphatic carbocycles. The van der Waals surface area contributed by atoms with Gasteiger partial charge in [-0.1, -0.05) is 19.4 Å². The molecule has 1 fully saturated rings. The van der Waals surface area contributed by atoms with E-state index >= 15 is 0 Å². The van der Waals surface area contributed by atoms with Gasteiger partial charge in [-0.2, -0.15) is 0 Å². The van der Waals surface area contributed by atoms with Crippen LogP contribution in [0.3, 0.4) is 0 Å². The van der Waals surface area contributed by atoms with Crippen molar-refractivity contribution in [1.82, 2.24) is 9.88 Å². The van der Waals surface area contributed by atoms with Crippen LogP contribution in [0.2, 0.25) is 0 Å². The van der Waals surface area contributed by atoms with E-state index in [0.29, 0.717) is 5.56 Å². The van der Waals surface area contributed by atoms with Gasteiger partial charge in [0, 0.05) is 23.2 Å². The number of aliphatic hydroxyl groups is 1. The fraction of sp³-hybridized carbons (Fsp3) is 0.600. The van der Waals surface area contributed by atoms with E-state index in [4.69, 9.17) is 0 Å². The van der Waals surface area contributed by atoms with Gasteiger partial charge in [0.1, 0.15) is 6.54 Å². The zero-order valence-corrected chi connectivity index (χ0v) is 12.1. The Labute approximate surface area is 118 Å². The maximum atomic E-state index is 12.1. The molecule has 1 saturated carbocycles. The first-order valence-corrected chi connectivity index (χ1v) is 7.02. The lowest BCUT2D eigenvalue weighted by atomic mass is 9.86. The van der Waals surface area contributed by atoms with Crippen molar-refractivity contribution in [2.24, 2.45) is 5.41 Å². The first kappa shape index (κ1) is 14.8. The second-order valence-corrected chi connectivity index (χ2v) is 5.95. The summed E-state index contributed by atoms with van der Waals surface area (Å²) < 4.78 is 1.41. The number of nitrogens with zero attached hydrogens (tertiary/aromatic N) is 1. The van der Waals surface area contributed by atoms with Crippen LogP contribution >= 0.6 is 0 Å². The Balaban J connectivity index is 2.03. The normalized spacial score (nSPS) is 25.6. The number of aromatic nitrogens is 1. The lowest BCUT2D eigenvalue weighted by Gasteiger charge is -2.30. The highest BCUT2D eigenvalue weighted by molar-refractivity contribution is 5.76. The Morgan fingerprint density at radius 3 is 3.05 bits per heavy atom. The van der Waals surface area contributed by atoms with Gasteiger partial charge in [0.05, 0.1) is 6.61 Å². The number of nitrogens with one attached hydrogen (secondary N) is 1. The Bertz CT molecular complexity index is 552. The zero-order valence-electron chi connectivity index (χ0n) is 12.1. The second kappa shape index (κ2) is 5.79. The molecule has 110 valence electrons. The molecule has 0 aromatic carbocycles. The van der Waals surface area contributed by atoms with Crippen LogP contribution in [0.25, 0.3) is 0 Å². The average Bonchev–Trinajstić information content (AvgIpc) is 2.77. The zero-order chi connectivity index (χ0) is 14.8. The monoisotopic (exact) mass is 278 g/mol. The smallest absolute Gasteiger partial charge is 0.253 e. The molecule has 20 heavy (non-hydrogen) atoms. The van der Waals surface area contributed by atoms with Gasteiger partial charge in [-0.25, -0.2) is 0 Å². The summed E-state index contributed by atoms with van der Waals surface area (Å²) in [6.07, 6.45) is 4.42. The number of rotatable bonds is 4. The van der Waals surface area contributed by atoms with E-state index in [1.54, 1.807) is 25.3 Å².